The Labute approximate surface area is 102 Å². The van der Waals surface area contributed by atoms with E-state index < -0.39 is 0 Å². The molecule has 1 aliphatic carbocycles. The second-order valence-corrected chi connectivity index (χ2v) is 6.83. The highest BCUT2D eigenvalue weighted by atomic mass is 32.1. The van der Waals surface area contributed by atoms with Gasteiger partial charge in [-0.3, -0.25) is 0 Å². The first kappa shape index (κ1) is 12.1. The summed E-state index contributed by atoms with van der Waals surface area (Å²) in [7, 11) is 0. The molecule has 0 aromatic carbocycles. The van der Waals surface area contributed by atoms with Crippen LogP contribution in [0.2, 0.25) is 0 Å². The van der Waals surface area contributed by atoms with Crippen LogP contribution < -0.4 is 5.73 Å². The van der Waals surface area contributed by atoms with Crippen LogP contribution in [0.15, 0.2) is 5.38 Å². The minimum Gasteiger partial charge on any atom is -0.322 e. The molecule has 1 heterocycles. The molecule has 1 saturated carbocycles. The summed E-state index contributed by atoms with van der Waals surface area (Å²) in [6.45, 7) is 6.52. The highest BCUT2D eigenvalue weighted by Gasteiger charge is 2.26. The molecule has 16 heavy (non-hydrogen) atoms. The van der Waals surface area contributed by atoms with Gasteiger partial charge in [-0.2, -0.15) is 0 Å². The van der Waals surface area contributed by atoms with E-state index in [9.17, 15) is 0 Å². The van der Waals surface area contributed by atoms with Crippen LogP contribution in [-0.4, -0.2) is 4.98 Å². The van der Waals surface area contributed by atoms with Crippen molar-refractivity contribution in [1.29, 1.82) is 0 Å². The van der Waals surface area contributed by atoms with Gasteiger partial charge in [0.1, 0.15) is 5.01 Å². The topological polar surface area (TPSA) is 38.9 Å². The number of nitrogens with two attached hydrogens (primary N) is 1. The van der Waals surface area contributed by atoms with Crippen molar-refractivity contribution in [3.8, 4) is 0 Å². The van der Waals surface area contributed by atoms with Crippen molar-refractivity contribution in [2.24, 2.45) is 11.1 Å². The molecule has 1 unspecified atom stereocenters. The van der Waals surface area contributed by atoms with Gasteiger partial charge < -0.3 is 5.73 Å². The molecule has 0 radical (unpaired) electrons. The maximum atomic E-state index is 6.23. The Morgan fingerprint density at radius 1 is 1.38 bits per heavy atom. The zero-order chi connectivity index (χ0) is 11.8. The van der Waals surface area contributed by atoms with Crippen molar-refractivity contribution in [3.05, 3.63) is 16.1 Å². The van der Waals surface area contributed by atoms with E-state index in [1.165, 1.54) is 31.4 Å². The summed E-state index contributed by atoms with van der Waals surface area (Å²) < 4.78 is 0. The van der Waals surface area contributed by atoms with Gasteiger partial charge in [-0.15, -0.1) is 11.3 Å². The summed E-state index contributed by atoms with van der Waals surface area (Å²) in [4.78, 5) is 4.75. The van der Waals surface area contributed by atoms with Gasteiger partial charge in [0.2, 0.25) is 0 Å². The lowest BCUT2D eigenvalue weighted by atomic mass is 9.88. The molecule has 2 rings (SSSR count). The zero-order valence-electron chi connectivity index (χ0n) is 10.5. The van der Waals surface area contributed by atoms with E-state index in [0.717, 1.165) is 5.01 Å². The SMILES string of the molecule is CC(C)(C)C(N)c1nc(C2CCCC2)cs1. The number of aromatic nitrogens is 1. The van der Waals surface area contributed by atoms with Crippen LogP contribution in [0.5, 0.6) is 0 Å². The summed E-state index contributed by atoms with van der Waals surface area (Å²) in [6, 6.07) is 0.0626. The quantitative estimate of drug-likeness (QED) is 0.850. The smallest absolute Gasteiger partial charge is 0.110 e. The van der Waals surface area contributed by atoms with Gasteiger partial charge >= 0.3 is 0 Å². The van der Waals surface area contributed by atoms with Gasteiger partial charge in [-0.1, -0.05) is 33.6 Å². The van der Waals surface area contributed by atoms with E-state index in [4.69, 9.17) is 10.7 Å². The predicted molar refractivity (Wildman–Crippen MR) is 69.7 cm³/mol. The summed E-state index contributed by atoms with van der Waals surface area (Å²) in [6.07, 6.45) is 5.35. The van der Waals surface area contributed by atoms with Crippen LogP contribution in [0.1, 0.15) is 69.1 Å². The standard InChI is InChI=1S/C13H22N2S/c1-13(2,3)11(14)12-15-10(8-16-12)9-6-4-5-7-9/h8-9,11H,4-7,14H2,1-3H3. The highest BCUT2D eigenvalue weighted by molar-refractivity contribution is 7.09. The number of nitrogens with zero attached hydrogens (tertiary/aromatic N) is 1. The van der Waals surface area contributed by atoms with Gasteiger partial charge in [0.25, 0.3) is 0 Å². The fourth-order valence-electron chi connectivity index (χ4n) is 2.22. The summed E-state index contributed by atoms with van der Waals surface area (Å²) in [5, 5.41) is 3.33. The van der Waals surface area contributed by atoms with Crippen molar-refractivity contribution in [2.75, 3.05) is 0 Å². The van der Waals surface area contributed by atoms with Crippen LogP contribution in [0.3, 0.4) is 0 Å². The van der Waals surface area contributed by atoms with E-state index >= 15 is 0 Å². The third kappa shape index (κ3) is 2.46. The third-order valence-corrected chi connectivity index (χ3v) is 4.46. The van der Waals surface area contributed by atoms with E-state index in [1.807, 2.05) is 0 Å². The van der Waals surface area contributed by atoms with Gasteiger partial charge in [-0.25, -0.2) is 4.98 Å². The Hall–Kier alpha value is -0.410. The van der Waals surface area contributed by atoms with Crippen molar-refractivity contribution >= 4 is 11.3 Å². The Balaban J connectivity index is 2.12. The van der Waals surface area contributed by atoms with E-state index in [1.54, 1.807) is 11.3 Å². The minimum absolute atomic E-state index is 0.0626. The molecule has 2 N–H and O–H groups in total. The van der Waals surface area contributed by atoms with Gasteiger partial charge in [0, 0.05) is 11.3 Å². The number of thiazole rings is 1. The summed E-state index contributed by atoms with van der Waals surface area (Å²) in [5.41, 5.74) is 7.62. The van der Waals surface area contributed by atoms with Crippen molar-refractivity contribution in [1.82, 2.24) is 4.98 Å². The zero-order valence-corrected chi connectivity index (χ0v) is 11.3. The lowest BCUT2D eigenvalue weighted by molar-refractivity contribution is 0.325. The van der Waals surface area contributed by atoms with Gasteiger partial charge in [0.05, 0.1) is 11.7 Å². The second-order valence-electron chi connectivity index (χ2n) is 5.94. The minimum atomic E-state index is 0.0626. The van der Waals surface area contributed by atoms with Gasteiger partial charge in [0.15, 0.2) is 0 Å². The van der Waals surface area contributed by atoms with E-state index in [2.05, 4.69) is 26.2 Å². The largest absolute Gasteiger partial charge is 0.322 e. The molecule has 1 atom stereocenters. The molecule has 1 fully saturated rings. The summed E-state index contributed by atoms with van der Waals surface area (Å²) >= 11 is 1.74. The lowest BCUT2D eigenvalue weighted by Gasteiger charge is -2.24. The second kappa shape index (κ2) is 4.46. The molecule has 2 nitrogen and oxygen atoms in total. The molecular weight excluding hydrogens is 216 g/mol. The Kier molecular flexibility index (Phi) is 3.36. The molecule has 1 aromatic heterocycles. The molecule has 0 spiro atoms. The number of hydrogen-bond donors (Lipinski definition) is 1. The number of hydrogen-bond acceptors (Lipinski definition) is 3. The molecule has 1 aromatic rings. The third-order valence-electron chi connectivity index (χ3n) is 3.51. The molecule has 0 saturated heterocycles. The van der Waals surface area contributed by atoms with Crippen molar-refractivity contribution < 1.29 is 0 Å². The average molecular weight is 238 g/mol. The fraction of sp³-hybridized carbons (Fsp3) is 0.769. The monoisotopic (exact) mass is 238 g/mol. The maximum absolute atomic E-state index is 6.23. The summed E-state index contributed by atoms with van der Waals surface area (Å²) in [5.74, 6) is 0.706. The number of rotatable bonds is 2. The Morgan fingerprint density at radius 2 is 2.00 bits per heavy atom. The molecule has 0 aliphatic heterocycles. The molecule has 90 valence electrons. The Morgan fingerprint density at radius 3 is 2.56 bits per heavy atom. The molecular formula is C13H22N2S. The molecule has 0 amide bonds. The first-order valence-corrected chi connectivity index (χ1v) is 7.07. The first-order chi connectivity index (χ1) is 7.48. The average Bonchev–Trinajstić information content (AvgIpc) is 2.85. The van der Waals surface area contributed by atoms with Crippen LogP contribution in [-0.2, 0) is 0 Å². The molecule has 3 heteroatoms. The van der Waals surface area contributed by atoms with E-state index in [-0.39, 0.29) is 11.5 Å². The molecule has 1 aliphatic rings. The van der Waals surface area contributed by atoms with Crippen molar-refractivity contribution in [2.45, 2.75) is 58.4 Å². The maximum Gasteiger partial charge on any atom is 0.110 e. The van der Waals surface area contributed by atoms with E-state index in [0.29, 0.717) is 5.92 Å². The van der Waals surface area contributed by atoms with Gasteiger partial charge in [-0.05, 0) is 18.3 Å². The van der Waals surface area contributed by atoms with Crippen molar-refractivity contribution in [3.63, 3.8) is 0 Å². The lowest BCUT2D eigenvalue weighted by Crippen LogP contribution is -2.26. The van der Waals surface area contributed by atoms with Crippen LogP contribution in [0.4, 0.5) is 0 Å². The van der Waals surface area contributed by atoms with Crippen LogP contribution in [0, 0.1) is 5.41 Å². The van der Waals surface area contributed by atoms with Crippen LogP contribution in [0.25, 0.3) is 0 Å². The predicted octanol–water partition coefficient (Wildman–Crippen LogP) is 3.85. The Bertz CT molecular complexity index is 345. The first-order valence-electron chi connectivity index (χ1n) is 6.19. The van der Waals surface area contributed by atoms with Crippen LogP contribution >= 0.6 is 11.3 Å². The normalized spacial score (nSPS) is 20.2. The fourth-order valence-corrected chi connectivity index (χ4v) is 3.37. The highest BCUT2D eigenvalue weighted by Crippen LogP contribution is 2.37. The molecule has 0 bridgehead atoms.